The lowest BCUT2D eigenvalue weighted by atomic mass is 9.65. The number of nitrogens with zero attached hydrogens (tertiary/aromatic N) is 1. The average Bonchev–Trinajstić information content (AvgIpc) is 2.82. The van der Waals surface area contributed by atoms with Gasteiger partial charge in [-0.05, 0) is 55.5 Å². The second-order valence-electron chi connectivity index (χ2n) is 7.29. The smallest absolute Gasteiger partial charge is 0.229 e. The number of halogens is 1. The van der Waals surface area contributed by atoms with Gasteiger partial charge in [0, 0.05) is 23.2 Å². The van der Waals surface area contributed by atoms with Crippen molar-refractivity contribution in [1.82, 2.24) is 4.90 Å². The molecule has 1 amide bonds. The second kappa shape index (κ2) is 6.32. The van der Waals surface area contributed by atoms with Gasteiger partial charge < -0.3 is 10.2 Å². The van der Waals surface area contributed by atoms with Crippen molar-refractivity contribution in [2.45, 2.75) is 32.6 Å². The Kier molecular flexibility index (Phi) is 4.60. The van der Waals surface area contributed by atoms with E-state index in [4.69, 9.17) is 0 Å². The van der Waals surface area contributed by atoms with Crippen LogP contribution < -0.4 is 5.32 Å². The molecule has 22 heavy (non-hydrogen) atoms. The van der Waals surface area contributed by atoms with Gasteiger partial charge in [0.1, 0.15) is 0 Å². The molecule has 3 rings (SSSR count). The topological polar surface area (TPSA) is 32.3 Å². The highest BCUT2D eigenvalue weighted by molar-refractivity contribution is 9.10. The summed E-state index contributed by atoms with van der Waals surface area (Å²) in [7, 11) is 2.15. The van der Waals surface area contributed by atoms with E-state index in [0.29, 0.717) is 0 Å². The fraction of sp³-hybridized carbons (Fsp3) is 0.611. The Labute approximate surface area is 141 Å². The first-order chi connectivity index (χ1) is 10.5. The Morgan fingerprint density at radius 1 is 1.27 bits per heavy atom. The molecule has 2 fully saturated rings. The van der Waals surface area contributed by atoms with Gasteiger partial charge in [-0.3, -0.25) is 4.79 Å². The number of amides is 1. The third-order valence-corrected chi connectivity index (χ3v) is 6.05. The molecule has 1 aromatic carbocycles. The maximum Gasteiger partial charge on any atom is 0.229 e. The average molecular weight is 365 g/mol. The van der Waals surface area contributed by atoms with Crippen LogP contribution in [0.3, 0.4) is 0 Å². The number of nitrogens with one attached hydrogen (secondary N) is 1. The van der Waals surface area contributed by atoms with Crippen LogP contribution in [0.4, 0.5) is 5.69 Å². The highest BCUT2D eigenvalue weighted by Crippen LogP contribution is 2.48. The van der Waals surface area contributed by atoms with E-state index in [0.717, 1.165) is 29.2 Å². The summed E-state index contributed by atoms with van der Waals surface area (Å²) in [6.07, 6.45) is 4.90. The Morgan fingerprint density at radius 2 is 1.91 bits per heavy atom. The van der Waals surface area contributed by atoms with Crippen molar-refractivity contribution in [3.8, 4) is 0 Å². The van der Waals surface area contributed by atoms with Crippen molar-refractivity contribution in [2.24, 2.45) is 17.3 Å². The molecule has 1 unspecified atom stereocenters. The molecule has 1 saturated carbocycles. The van der Waals surface area contributed by atoms with Crippen LogP contribution in [0.5, 0.6) is 0 Å². The van der Waals surface area contributed by atoms with Crippen LogP contribution in [0.25, 0.3) is 0 Å². The van der Waals surface area contributed by atoms with Gasteiger partial charge in [-0.1, -0.05) is 35.7 Å². The molecule has 0 bridgehead atoms. The van der Waals surface area contributed by atoms with Gasteiger partial charge in [-0.15, -0.1) is 0 Å². The molecular weight excluding hydrogens is 340 g/mol. The van der Waals surface area contributed by atoms with Crippen LogP contribution >= 0.6 is 15.9 Å². The van der Waals surface area contributed by atoms with Gasteiger partial charge in [0.15, 0.2) is 0 Å². The van der Waals surface area contributed by atoms with E-state index >= 15 is 0 Å². The molecule has 1 atom stereocenters. The molecule has 1 aliphatic carbocycles. The largest absolute Gasteiger partial charge is 0.326 e. The number of carbonyl (C=O) groups excluding carboxylic acids is 1. The lowest BCUT2D eigenvalue weighted by molar-refractivity contribution is -0.123. The summed E-state index contributed by atoms with van der Waals surface area (Å²) < 4.78 is 1.03. The van der Waals surface area contributed by atoms with Crippen LogP contribution in [0.2, 0.25) is 0 Å². The fourth-order valence-corrected chi connectivity index (χ4v) is 4.45. The number of benzene rings is 1. The summed E-state index contributed by atoms with van der Waals surface area (Å²) in [5.41, 5.74) is 1.09. The molecule has 0 aromatic heterocycles. The number of hydrogen-bond acceptors (Lipinski definition) is 2. The molecule has 1 N–H and O–H groups in total. The predicted molar refractivity (Wildman–Crippen MR) is 93.8 cm³/mol. The zero-order chi connectivity index (χ0) is 15.7. The number of hydrogen-bond donors (Lipinski definition) is 1. The van der Waals surface area contributed by atoms with E-state index in [1.165, 1.54) is 25.7 Å². The van der Waals surface area contributed by atoms with Crippen LogP contribution in [-0.4, -0.2) is 30.9 Å². The Balaban J connectivity index is 1.73. The van der Waals surface area contributed by atoms with E-state index in [1.54, 1.807) is 0 Å². The van der Waals surface area contributed by atoms with Gasteiger partial charge in [0.25, 0.3) is 0 Å². The molecule has 4 heteroatoms. The van der Waals surface area contributed by atoms with Crippen molar-refractivity contribution in [2.75, 3.05) is 25.5 Å². The van der Waals surface area contributed by atoms with Gasteiger partial charge in [-0.2, -0.15) is 0 Å². The van der Waals surface area contributed by atoms with Crippen molar-refractivity contribution >= 4 is 27.5 Å². The van der Waals surface area contributed by atoms with Crippen LogP contribution in [-0.2, 0) is 4.79 Å². The Bertz CT molecular complexity index is 535. The van der Waals surface area contributed by atoms with Crippen molar-refractivity contribution in [3.05, 3.63) is 28.7 Å². The first-order valence-electron chi connectivity index (χ1n) is 8.23. The third kappa shape index (κ3) is 3.23. The monoisotopic (exact) mass is 364 g/mol. The highest BCUT2D eigenvalue weighted by Gasteiger charge is 2.49. The second-order valence-corrected chi connectivity index (χ2v) is 8.21. The van der Waals surface area contributed by atoms with E-state index in [-0.39, 0.29) is 17.2 Å². The number of likely N-dealkylation sites (tertiary alicyclic amines) is 1. The fourth-order valence-electron chi connectivity index (χ4n) is 4.18. The lowest BCUT2D eigenvalue weighted by Gasteiger charge is -2.39. The minimum absolute atomic E-state index is 0.119. The maximum absolute atomic E-state index is 12.9. The zero-order valence-electron chi connectivity index (χ0n) is 13.4. The summed E-state index contributed by atoms with van der Waals surface area (Å²) in [5.74, 6) is 1.13. The summed E-state index contributed by atoms with van der Waals surface area (Å²) in [6, 6.07) is 7.84. The number of rotatable bonds is 2. The summed E-state index contributed by atoms with van der Waals surface area (Å²) >= 11 is 3.43. The minimum atomic E-state index is 0.119. The third-order valence-electron chi connectivity index (χ3n) is 5.52. The molecule has 3 nitrogen and oxygen atoms in total. The SMILES string of the molecule is CC1CCC2(CC1)CN(C)CC2C(=O)Nc1ccc(Br)cc1. The maximum atomic E-state index is 12.9. The number of carbonyl (C=O) groups is 1. The predicted octanol–water partition coefficient (Wildman–Crippen LogP) is 4.15. The quantitative estimate of drug-likeness (QED) is 0.854. The first-order valence-corrected chi connectivity index (χ1v) is 9.03. The molecule has 120 valence electrons. The Morgan fingerprint density at radius 3 is 2.55 bits per heavy atom. The van der Waals surface area contributed by atoms with Crippen molar-refractivity contribution in [1.29, 1.82) is 0 Å². The molecule has 0 radical (unpaired) electrons. The lowest BCUT2D eigenvalue weighted by Crippen LogP contribution is -2.40. The molecule has 2 aliphatic rings. The summed E-state index contributed by atoms with van der Waals surface area (Å²) in [5, 5.41) is 3.13. The van der Waals surface area contributed by atoms with Crippen LogP contribution in [0, 0.1) is 17.3 Å². The molecule has 1 aliphatic heterocycles. The molecular formula is C18H25BrN2O. The Hall–Kier alpha value is -0.870. The van der Waals surface area contributed by atoms with Crippen molar-refractivity contribution < 1.29 is 4.79 Å². The van der Waals surface area contributed by atoms with Gasteiger partial charge in [0.2, 0.25) is 5.91 Å². The highest BCUT2D eigenvalue weighted by atomic mass is 79.9. The zero-order valence-corrected chi connectivity index (χ0v) is 15.0. The van der Waals surface area contributed by atoms with Gasteiger partial charge in [-0.25, -0.2) is 0 Å². The van der Waals surface area contributed by atoms with Crippen LogP contribution in [0.15, 0.2) is 28.7 Å². The van der Waals surface area contributed by atoms with E-state index < -0.39 is 0 Å². The first kappa shape index (κ1) is 16.0. The molecule has 1 spiro atoms. The molecule has 1 heterocycles. The number of anilines is 1. The van der Waals surface area contributed by atoms with Crippen LogP contribution in [0.1, 0.15) is 32.6 Å². The van der Waals surface area contributed by atoms with Crippen molar-refractivity contribution in [3.63, 3.8) is 0 Å². The summed E-state index contributed by atoms with van der Waals surface area (Å²) in [4.78, 5) is 15.2. The molecule has 1 aromatic rings. The van der Waals surface area contributed by atoms with E-state index in [9.17, 15) is 4.79 Å². The van der Waals surface area contributed by atoms with E-state index in [2.05, 4.69) is 40.1 Å². The minimum Gasteiger partial charge on any atom is -0.326 e. The standard InChI is InChI=1S/C18H25BrN2O/c1-13-7-9-18(10-8-13)12-21(2)11-16(18)17(22)20-15-5-3-14(19)4-6-15/h3-6,13,16H,7-12H2,1-2H3,(H,20,22). The summed E-state index contributed by atoms with van der Waals surface area (Å²) in [6.45, 7) is 4.29. The van der Waals surface area contributed by atoms with Gasteiger partial charge >= 0.3 is 0 Å². The van der Waals surface area contributed by atoms with Gasteiger partial charge in [0.05, 0.1) is 5.92 Å². The normalized spacial score (nSPS) is 32.3. The van der Waals surface area contributed by atoms with E-state index in [1.807, 2.05) is 24.3 Å². The molecule has 1 saturated heterocycles.